The summed E-state index contributed by atoms with van der Waals surface area (Å²) in [6.45, 7) is 4.36. The Balaban J connectivity index is 3.00. The van der Waals surface area contributed by atoms with Crippen LogP contribution >= 0.6 is 0 Å². The van der Waals surface area contributed by atoms with E-state index in [1.54, 1.807) is 0 Å². The van der Waals surface area contributed by atoms with Gasteiger partial charge in [-0.05, 0) is 19.8 Å². The molecule has 0 aliphatic carbocycles. The zero-order chi connectivity index (χ0) is 16.8. The van der Waals surface area contributed by atoms with Crippen LogP contribution in [0.3, 0.4) is 0 Å². The molecule has 0 heteroatoms. The topological polar surface area (TPSA) is 0 Å². The fraction of sp³-hybridized carbons (Fsp3) is 0.826. The molecule has 0 nitrogen and oxygen atoms in total. The molecule has 0 aliphatic rings. The molecular formula is C23H44. The minimum Gasteiger partial charge on any atom is -0.0877 e. The molecule has 0 spiro atoms. The number of hydrogen-bond donors (Lipinski definition) is 0. The molecule has 0 fully saturated rings. The molecule has 0 amide bonds. The molecule has 0 bridgehead atoms. The van der Waals surface area contributed by atoms with Gasteiger partial charge in [-0.3, -0.25) is 0 Å². The molecule has 0 atom stereocenters. The Hall–Kier alpha value is -0.520. The molecular weight excluding hydrogens is 276 g/mol. The first-order valence-corrected chi connectivity index (χ1v) is 10.7. The number of unbranched alkanes of at least 4 members (excludes halogenated alkanes) is 16. The Kier molecular flexibility index (Phi) is 21.0. The maximum Gasteiger partial charge on any atom is -0.0348 e. The van der Waals surface area contributed by atoms with Crippen molar-refractivity contribution in [2.24, 2.45) is 0 Å². The zero-order valence-corrected chi connectivity index (χ0v) is 16.3. The van der Waals surface area contributed by atoms with Crippen molar-refractivity contribution in [3.63, 3.8) is 0 Å². The van der Waals surface area contributed by atoms with E-state index < -0.39 is 0 Å². The first-order chi connectivity index (χ1) is 11.4. The Morgan fingerprint density at radius 3 is 1.26 bits per heavy atom. The third kappa shape index (κ3) is 21.5. The lowest BCUT2D eigenvalue weighted by atomic mass is 10.0. The van der Waals surface area contributed by atoms with Gasteiger partial charge in [0.1, 0.15) is 0 Å². The van der Waals surface area contributed by atoms with E-state index in [1.165, 1.54) is 109 Å². The first-order valence-electron chi connectivity index (χ1n) is 10.7. The van der Waals surface area contributed by atoms with Gasteiger partial charge in [-0.15, -0.1) is 0 Å². The van der Waals surface area contributed by atoms with E-state index >= 15 is 0 Å². The second-order valence-corrected chi connectivity index (χ2v) is 7.05. The van der Waals surface area contributed by atoms with Crippen LogP contribution in [0.15, 0.2) is 24.3 Å². The minimum absolute atomic E-state index is 1.25. The zero-order valence-electron chi connectivity index (χ0n) is 16.3. The molecule has 0 N–H and O–H groups in total. The highest BCUT2D eigenvalue weighted by Gasteiger charge is 1.94. The summed E-state index contributed by atoms with van der Waals surface area (Å²) in [6, 6.07) is 0. The maximum absolute atomic E-state index is 2.30. The molecule has 0 aliphatic heterocycles. The van der Waals surface area contributed by atoms with Crippen molar-refractivity contribution in [1.82, 2.24) is 0 Å². The second kappa shape index (κ2) is 21.5. The van der Waals surface area contributed by atoms with E-state index in [1.807, 2.05) is 0 Å². The lowest BCUT2D eigenvalue weighted by Gasteiger charge is -2.03. The molecule has 0 rings (SSSR count). The van der Waals surface area contributed by atoms with Crippen molar-refractivity contribution in [3.05, 3.63) is 24.3 Å². The third-order valence-corrected chi connectivity index (χ3v) is 4.66. The lowest BCUT2D eigenvalue weighted by molar-refractivity contribution is 0.530. The predicted octanol–water partition coefficient (Wildman–Crippen LogP) is 8.77. The van der Waals surface area contributed by atoms with E-state index in [-0.39, 0.29) is 0 Å². The van der Waals surface area contributed by atoms with Crippen LogP contribution in [0.2, 0.25) is 0 Å². The van der Waals surface area contributed by atoms with Gasteiger partial charge in [-0.1, -0.05) is 128 Å². The Bertz CT molecular complexity index is 249. The van der Waals surface area contributed by atoms with Gasteiger partial charge in [0.15, 0.2) is 0 Å². The summed E-state index contributed by atoms with van der Waals surface area (Å²) in [4.78, 5) is 0. The van der Waals surface area contributed by atoms with Crippen LogP contribution in [0.1, 0.15) is 123 Å². The molecule has 0 radical (unpaired) electrons. The van der Waals surface area contributed by atoms with Crippen molar-refractivity contribution >= 4 is 0 Å². The summed E-state index contributed by atoms with van der Waals surface area (Å²) in [5, 5.41) is 0. The summed E-state index contributed by atoms with van der Waals surface area (Å²) < 4.78 is 0. The number of rotatable bonds is 18. The molecule has 136 valence electrons. The van der Waals surface area contributed by atoms with Gasteiger partial charge >= 0.3 is 0 Å². The van der Waals surface area contributed by atoms with Gasteiger partial charge in [0.05, 0.1) is 0 Å². The largest absolute Gasteiger partial charge is 0.0877 e. The molecule has 0 saturated carbocycles. The maximum atomic E-state index is 2.30. The first kappa shape index (κ1) is 22.5. The standard InChI is InChI=1S/C23H44/c1-3-5-7-9-11-13-15-17-19-21-23-22-20-18-16-14-12-10-8-6-4-2/h3,5,7,9H,4,6,8,10-23H2,1-2H3. The highest BCUT2D eigenvalue weighted by molar-refractivity contribution is 5.00. The SMILES string of the molecule is CC=CC=CCCCCCCCCCCCCCCCCCC. The van der Waals surface area contributed by atoms with Gasteiger partial charge in [0.2, 0.25) is 0 Å². The quantitative estimate of drug-likeness (QED) is 0.175. The summed E-state index contributed by atoms with van der Waals surface area (Å²) in [5.74, 6) is 0. The van der Waals surface area contributed by atoms with Gasteiger partial charge in [-0.2, -0.15) is 0 Å². The Labute approximate surface area is 147 Å². The normalized spacial score (nSPS) is 11.9. The molecule has 0 aromatic carbocycles. The van der Waals surface area contributed by atoms with Gasteiger partial charge in [0, 0.05) is 0 Å². The molecule has 0 aromatic rings. The van der Waals surface area contributed by atoms with Crippen molar-refractivity contribution in [1.29, 1.82) is 0 Å². The molecule has 0 aromatic heterocycles. The van der Waals surface area contributed by atoms with Crippen molar-refractivity contribution in [2.45, 2.75) is 123 Å². The van der Waals surface area contributed by atoms with Crippen LogP contribution in [-0.4, -0.2) is 0 Å². The van der Waals surface area contributed by atoms with Crippen LogP contribution in [-0.2, 0) is 0 Å². The smallest absolute Gasteiger partial charge is 0.0348 e. The van der Waals surface area contributed by atoms with E-state index in [9.17, 15) is 0 Å². The summed E-state index contributed by atoms with van der Waals surface area (Å²) in [5.41, 5.74) is 0. The van der Waals surface area contributed by atoms with Crippen LogP contribution in [0.5, 0.6) is 0 Å². The highest BCUT2D eigenvalue weighted by Crippen LogP contribution is 2.14. The minimum atomic E-state index is 1.25. The van der Waals surface area contributed by atoms with Crippen molar-refractivity contribution in [2.75, 3.05) is 0 Å². The third-order valence-electron chi connectivity index (χ3n) is 4.66. The van der Waals surface area contributed by atoms with E-state index in [0.29, 0.717) is 0 Å². The molecule has 0 saturated heterocycles. The lowest BCUT2D eigenvalue weighted by Crippen LogP contribution is -1.83. The Morgan fingerprint density at radius 1 is 0.478 bits per heavy atom. The summed E-state index contributed by atoms with van der Waals surface area (Å²) >= 11 is 0. The van der Waals surface area contributed by atoms with E-state index in [2.05, 4.69) is 38.2 Å². The molecule has 0 heterocycles. The molecule has 23 heavy (non-hydrogen) atoms. The van der Waals surface area contributed by atoms with Gasteiger partial charge < -0.3 is 0 Å². The fourth-order valence-corrected chi connectivity index (χ4v) is 3.10. The summed E-state index contributed by atoms with van der Waals surface area (Å²) in [6.07, 6.45) is 33.1. The van der Waals surface area contributed by atoms with Crippen LogP contribution in [0.25, 0.3) is 0 Å². The van der Waals surface area contributed by atoms with Crippen LogP contribution < -0.4 is 0 Å². The second-order valence-electron chi connectivity index (χ2n) is 7.05. The average molecular weight is 321 g/mol. The predicted molar refractivity (Wildman–Crippen MR) is 108 cm³/mol. The monoisotopic (exact) mass is 320 g/mol. The van der Waals surface area contributed by atoms with Crippen molar-refractivity contribution < 1.29 is 0 Å². The van der Waals surface area contributed by atoms with Gasteiger partial charge in [-0.25, -0.2) is 0 Å². The average Bonchev–Trinajstić information content (AvgIpc) is 2.57. The number of allylic oxidation sites excluding steroid dienone is 4. The van der Waals surface area contributed by atoms with Crippen LogP contribution in [0, 0.1) is 0 Å². The fourth-order valence-electron chi connectivity index (χ4n) is 3.10. The van der Waals surface area contributed by atoms with E-state index in [4.69, 9.17) is 0 Å². The van der Waals surface area contributed by atoms with Crippen molar-refractivity contribution in [3.8, 4) is 0 Å². The highest BCUT2D eigenvalue weighted by atomic mass is 14.0. The number of hydrogen-bond acceptors (Lipinski definition) is 0. The van der Waals surface area contributed by atoms with Crippen LogP contribution in [0.4, 0.5) is 0 Å². The molecule has 0 unspecified atom stereocenters. The van der Waals surface area contributed by atoms with Gasteiger partial charge in [0.25, 0.3) is 0 Å². The Morgan fingerprint density at radius 2 is 0.870 bits per heavy atom. The van der Waals surface area contributed by atoms with E-state index in [0.717, 1.165) is 0 Å². The summed E-state index contributed by atoms with van der Waals surface area (Å²) in [7, 11) is 0.